The van der Waals surface area contributed by atoms with Crippen molar-refractivity contribution in [3.8, 4) is 0 Å². The molecule has 3 rings (SSSR count). The summed E-state index contributed by atoms with van der Waals surface area (Å²) < 4.78 is 7.95. The third-order valence-corrected chi connectivity index (χ3v) is 5.22. The van der Waals surface area contributed by atoms with Crippen LogP contribution in [0.3, 0.4) is 0 Å². The number of thioether (sulfide) groups is 1. The molecule has 104 valence electrons. The van der Waals surface area contributed by atoms with Crippen LogP contribution in [-0.4, -0.2) is 15.3 Å². The molecule has 7 heteroatoms. The number of anilines is 1. The van der Waals surface area contributed by atoms with Crippen molar-refractivity contribution in [2.24, 2.45) is 0 Å². The highest BCUT2D eigenvalue weighted by Crippen LogP contribution is 2.30. The molecule has 2 aromatic heterocycles. The molecule has 0 saturated heterocycles. The monoisotopic (exact) mass is 307 g/mol. The third kappa shape index (κ3) is 2.46. The maximum Gasteiger partial charge on any atom is 0.419 e. The summed E-state index contributed by atoms with van der Waals surface area (Å²) in [7, 11) is 0. The Morgan fingerprint density at radius 2 is 2.25 bits per heavy atom. The second kappa shape index (κ2) is 5.34. The number of fused-ring (bicyclic) bond motifs is 1. The van der Waals surface area contributed by atoms with E-state index in [1.165, 1.54) is 11.3 Å². The van der Waals surface area contributed by atoms with Gasteiger partial charge in [0.1, 0.15) is 0 Å². The standard InChI is InChI=1S/C13H13N3O2S2/c1-8-11(20-12(14)15-8)19-7-6-16-9-4-2-3-5-10(9)18-13(16)17/h2-5H,6-7H2,1H3,(H2,14,15). The molecule has 1 aromatic carbocycles. The first-order valence-corrected chi connectivity index (χ1v) is 7.89. The largest absolute Gasteiger partial charge is 0.419 e. The minimum atomic E-state index is -0.313. The first-order chi connectivity index (χ1) is 9.65. The second-order valence-corrected chi connectivity index (χ2v) is 6.66. The quantitative estimate of drug-likeness (QED) is 0.750. The Labute approximate surface area is 123 Å². The predicted molar refractivity (Wildman–Crippen MR) is 82.5 cm³/mol. The third-order valence-electron chi connectivity index (χ3n) is 2.89. The van der Waals surface area contributed by atoms with E-state index in [-0.39, 0.29) is 5.76 Å². The Morgan fingerprint density at radius 3 is 3.00 bits per heavy atom. The molecule has 0 fully saturated rings. The van der Waals surface area contributed by atoms with E-state index in [0.717, 1.165) is 21.2 Å². The maximum absolute atomic E-state index is 11.8. The van der Waals surface area contributed by atoms with Crippen molar-refractivity contribution in [1.29, 1.82) is 0 Å². The van der Waals surface area contributed by atoms with Gasteiger partial charge in [-0.25, -0.2) is 9.78 Å². The molecule has 0 atom stereocenters. The average molecular weight is 307 g/mol. The molecule has 0 aliphatic heterocycles. The smallest absolute Gasteiger partial charge is 0.408 e. The fourth-order valence-corrected chi connectivity index (χ4v) is 4.01. The fraction of sp³-hybridized carbons (Fsp3) is 0.231. The Bertz CT molecular complexity index is 803. The number of para-hydroxylation sites is 2. The Morgan fingerprint density at radius 1 is 1.45 bits per heavy atom. The lowest BCUT2D eigenvalue weighted by atomic mass is 10.3. The summed E-state index contributed by atoms with van der Waals surface area (Å²) in [5, 5.41) is 0.580. The lowest BCUT2D eigenvalue weighted by Crippen LogP contribution is -2.15. The van der Waals surface area contributed by atoms with Gasteiger partial charge in [-0.3, -0.25) is 4.57 Å². The molecule has 5 nitrogen and oxygen atoms in total. The van der Waals surface area contributed by atoms with Gasteiger partial charge < -0.3 is 10.2 Å². The number of benzene rings is 1. The number of hydrogen-bond donors (Lipinski definition) is 1. The van der Waals surface area contributed by atoms with Crippen molar-refractivity contribution in [2.75, 3.05) is 11.5 Å². The van der Waals surface area contributed by atoms with Crippen molar-refractivity contribution in [3.63, 3.8) is 0 Å². The number of thiazole rings is 1. The van der Waals surface area contributed by atoms with Crippen LogP contribution in [0, 0.1) is 6.92 Å². The molecule has 0 saturated carbocycles. The van der Waals surface area contributed by atoms with Crippen LogP contribution in [0.1, 0.15) is 5.69 Å². The van der Waals surface area contributed by atoms with Gasteiger partial charge in [0.25, 0.3) is 0 Å². The molecule has 0 bridgehead atoms. The molecule has 2 N–H and O–H groups in total. The van der Waals surface area contributed by atoms with E-state index < -0.39 is 0 Å². The van der Waals surface area contributed by atoms with Crippen LogP contribution in [-0.2, 0) is 6.54 Å². The van der Waals surface area contributed by atoms with Crippen LogP contribution in [0.4, 0.5) is 5.13 Å². The molecular weight excluding hydrogens is 294 g/mol. The van der Waals surface area contributed by atoms with E-state index in [9.17, 15) is 4.79 Å². The highest BCUT2D eigenvalue weighted by Gasteiger charge is 2.10. The second-order valence-electron chi connectivity index (χ2n) is 4.26. The van der Waals surface area contributed by atoms with E-state index in [1.54, 1.807) is 22.4 Å². The number of hydrogen-bond acceptors (Lipinski definition) is 6. The van der Waals surface area contributed by atoms with Crippen molar-refractivity contribution >= 4 is 39.3 Å². The Kier molecular flexibility index (Phi) is 3.54. The summed E-state index contributed by atoms with van der Waals surface area (Å²) in [5.41, 5.74) is 8.07. The predicted octanol–water partition coefficient (Wildman–Crippen LogP) is 2.73. The lowest BCUT2D eigenvalue weighted by Gasteiger charge is -2.01. The van der Waals surface area contributed by atoms with E-state index in [2.05, 4.69) is 4.98 Å². The summed E-state index contributed by atoms with van der Waals surface area (Å²) >= 11 is 3.14. The molecule has 3 aromatic rings. The number of aryl methyl sites for hydroxylation is 2. The SMILES string of the molecule is Cc1nc(N)sc1SCCn1c(=O)oc2ccccc21. The van der Waals surface area contributed by atoms with Crippen LogP contribution in [0.15, 0.2) is 37.7 Å². The number of rotatable bonds is 4. The van der Waals surface area contributed by atoms with Gasteiger partial charge in [0.05, 0.1) is 15.4 Å². The van der Waals surface area contributed by atoms with Crippen LogP contribution >= 0.6 is 23.1 Å². The summed E-state index contributed by atoms with van der Waals surface area (Å²) in [6.45, 7) is 2.53. The Hall–Kier alpha value is -1.73. The molecule has 2 heterocycles. The zero-order valence-corrected chi connectivity index (χ0v) is 12.5. The molecule has 0 aliphatic rings. The number of nitrogens with zero attached hydrogens (tertiary/aromatic N) is 2. The van der Waals surface area contributed by atoms with E-state index >= 15 is 0 Å². The van der Waals surface area contributed by atoms with E-state index in [1.807, 2.05) is 25.1 Å². The fourth-order valence-electron chi connectivity index (χ4n) is 1.99. The maximum atomic E-state index is 11.8. The van der Waals surface area contributed by atoms with Gasteiger partial charge in [0.2, 0.25) is 0 Å². The molecule has 20 heavy (non-hydrogen) atoms. The van der Waals surface area contributed by atoms with Crippen molar-refractivity contribution in [1.82, 2.24) is 9.55 Å². The van der Waals surface area contributed by atoms with Crippen LogP contribution < -0.4 is 11.5 Å². The minimum Gasteiger partial charge on any atom is -0.408 e. The van der Waals surface area contributed by atoms with Gasteiger partial charge in [-0.15, -0.1) is 11.8 Å². The zero-order valence-electron chi connectivity index (χ0n) is 10.8. The summed E-state index contributed by atoms with van der Waals surface area (Å²) in [5.74, 6) is 0.457. The molecule has 0 aliphatic carbocycles. The van der Waals surface area contributed by atoms with Crippen LogP contribution in [0.25, 0.3) is 11.1 Å². The number of nitrogens with two attached hydrogens (primary N) is 1. The lowest BCUT2D eigenvalue weighted by molar-refractivity contribution is 0.514. The molecule has 0 unspecified atom stereocenters. The molecule has 0 spiro atoms. The van der Waals surface area contributed by atoms with Crippen LogP contribution in [0.5, 0.6) is 0 Å². The number of nitrogen functional groups attached to an aromatic ring is 1. The van der Waals surface area contributed by atoms with Crippen molar-refractivity contribution < 1.29 is 4.42 Å². The van der Waals surface area contributed by atoms with Gasteiger partial charge >= 0.3 is 5.76 Å². The van der Waals surface area contributed by atoms with Gasteiger partial charge in [0.15, 0.2) is 10.7 Å². The molecule has 0 amide bonds. The van der Waals surface area contributed by atoms with Gasteiger partial charge in [-0.05, 0) is 19.1 Å². The first-order valence-electron chi connectivity index (χ1n) is 6.09. The van der Waals surface area contributed by atoms with Gasteiger partial charge in [-0.2, -0.15) is 0 Å². The van der Waals surface area contributed by atoms with Gasteiger partial charge in [0, 0.05) is 12.3 Å². The van der Waals surface area contributed by atoms with E-state index in [4.69, 9.17) is 10.2 Å². The molecular formula is C13H13N3O2S2. The average Bonchev–Trinajstić information content (AvgIpc) is 2.90. The summed E-state index contributed by atoms with van der Waals surface area (Å²) in [6, 6.07) is 7.44. The summed E-state index contributed by atoms with van der Waals surface area (Å²) in [4.78, 5) is 16.0. The summed E-state index contributed by atoms with van der Waals surface area (Å²) in [6.07, 6.45) is 0. The molecule has 0 radical (unpaired) electrons. The minimum absolute atomic E-state index is 0.313. The topological polar surface area (TPSA) is 74.0 Å². The number of oxazole rings is 1. The van der Waals surface area contributed by atoms with Gasteiger partial charge in [-0.1, -0.05) is 23.5 Å². The number of aromatic nitrogens is 2. The normalized spacial score (nSPS) is 11.2. The van der Waals surface area contributed by atoms with E-state index in [0.29, 0.717) is 17.3 Å². The van der Waals surface area contributed by atoms with Crippen molar-refractivity contribution in [3.05, 3.63) is 40.5 Å². The first kappa shape index (κ1) is 13.3. The Balaban J connectivity index is 1.76. The highest BCUT2D eigenvalue weighted by atomic mass is 32.2. The highest BCUT2D eigenvalue weighted by molar-refractivity contribution is 8.01. The van der Waals surface area contributed by atoms with Crippen molar-refractivity contribution in [2.45, 2.75) is 17.7 Å². The van der Waals surface area contributed by atoms with Crippen LogP contribution in [0.2, 0.25) is 0 Å². The zero-order chi connectivity index (χ0) is 14.1.